The molecule has 10 heteroatoms. The maximum atomic E-state index is 11.7. The molecule has 1 amide bonds. The molecule has 2 bridgehead atoms. The molecule has 0 radical (unpaired) electrons. The number of methoxy groups -OCH3 is 1. The van der Waals surface area contributed by atoms with Crippen LogP contribution in [0.25, 0.3) is 0 Å². The maximum Gasteiger partial charge on any atom is 0.333 e. The molecule has 5 atom stereocenters. The van der Waals surface area contributed by atoms with Gasteiger partial charge in [0, 0.05) is 44.3 Å². The number of likely N-dealkylation sites (tertiary alicyclic amines) is 1. The highest BCUT2D eigenvalue weighted by atomic mass is 16.5. The quantitative estimate of drug-likeness (QED) is 0.395. The van der Waals surface area contributed by atoms with Crippen molar-refractivity contribution >= 4 is 17.8 Å². The summed E-state index contributed by atoms with van der Waals surface area (Å²) >= 11 is 0. The van der Waals surface area contributed by atoms with Crippen molar-refractivity contribution in [3.63, 3.8) is 0 Å². The summed E-state index contributed by atoms with van der Waals surface area (Å²) in [6.45, 7) is 2.10. The molecule has 1 aromatic heterocycles. The van der Waals surface area contributed by atoms with Gasteiger partial charge in [-0.3, -0.25) is 19.5 Å². The molecule has 5 N–H and O–H groups in total. The van der Waals surface area contributed by atoms with E-state index in [4.69, 9.17) is 25.8 Å². The van der Waals surface area contributed by atoms with Crippen LogP contribution in [0.3, 0.4) is 0 Å². The molecule has 2 heterocycles. The molecule has 3 fully saturated rings. The average Bonchev–Trinajstić information content (AvgIpc) is 2.88. The molecule has 10 nitrogen and oxygen atoms in total. The van der Waals surface area contributed by atoms with E-state index in [0.717, 1.165) is 31.5 Å². The lowest BCUT2D eigenvalue weighted by Crippen LogP contribution is -2.62. The van der Waals surface area contributed by atoms with Gasteiger partial charge in [0.2, 0.25) is 0 Å². The third kappa shape index (κ3) is 5.98. The molecule has 5 rings (SSSR count). The van der Waals surface area contributed by atoms with Gasteiger partial charge in [-0.2, -0.15) is 0 Å². The highest BCUT2D eigenvalue weighted by molar-refractivity contribution is 5.90. The summed E-state index contributed by atoms with van der Waals surface area (Å²) in [4.78, 5) is 38.1. The average molecular weight is 540 g/mol. The Bertz CT molecular complexity index is 1160. The normalized spacial score (nSPS) is 28.8. The first-order valence-corrected chi connectivity index (χ1v) is 13.4. The van der Waals surface area contributed by atoms with Gasteiger partial charge in [0.05, 0.1) is 6.42 Å². The number of carbonyl (C=O) groups excluding carboxylic acids is 1. The lowest BCUT2D eigenvalue weighted by Gasteiger charge is -2.58. The highest BCUT2D eigenvalue weighted by Gasteiger charge is 2.55. The molecule has 39 heavy (non-hydrogen) atoms. The van der Waals surface area contributed by atoms with E-state index in [1.165, 1.54) is 24.8 Å². The van der Waals surface area contributed by atoms with Crippen molar-refractivity contribution in [1.29, 1.82) is 0 Å². The van der Waals surface area contributed by atoms with Crippen LogP contribution >= 0.6 is 0 Å². The van der Waals surface area contributed by atoms with Crippen molar-refractivity contribution in [3.05, 3.63) is 65.5 Å². The van der Waals surface area contributed by atoms with Crippen LogP contribution < -0.4 is 5.73 Å². The zero-order chi connectivity index (χ0) is 28.2. The van der Waals surface area contributed by atoms with E-state index in [2.05, 4.69) is 40.2 Å². The Morgan fingerprint density at radius 2 is 1.74 bits per heavy atom. The fourth-order valence-electron chi connectivity index (χ4n) is 6.73. The Morgan fingerprint density at radius 1 is 1.08 bits per heavy atom. The van der Waals surface area contributed by atoms with Gasteiger partial charge in [-0.15, -0.1) is 0 Å². The number of hydrogen-bond acceptors (Lipinski definition) is 7. The third-order valence-electron chi connectivity index (χ3n) is 8.62. The zero-order valence-electron chi connectivity index (χ0n) is 22.1. The first-order chi connectivity index (χ1) is 18.7. The van der Waals surface area contributed by atoms with Gasteiger partial charge in [-0.1, -0.05) is 36.8 Å². The fraction of sp³-hybridized carbons (Fsp3) is 0.517. The summed E-state index contributed by atoms with van der Waals surface area (Å²) in [6.07, 6.45) is 5.26. The van der Waals surface area contributed by atoms with Crippen molar-refractivity contribution in [2.75, 3.05) is 20.2 Å². The van der Waals surface area contributed by atoms with E-state index in [9.17, 15) is 14.4 Å². The van der Waals surface area contributed by atoms with Crippen LogP contribution in [0.2, 0.25) is 0 Å². The second kappa shape index (κ2) is 12.2. The Balaban J connectivity index is 0.000000340. The SMILES string of the molecule is COC1(c2ccnc(C(N)=O)c2)C2CCCC1CN([C@H]1CC[C@H]1c1ccccc1)C2.O=C(O)CC(O)C(=O)O. The molecule has 1 aliphatic heterocycles. The Morgan fingerprint density at radius 3 is 2.23 bits per heavy atom. The Hall–Kier alpha value is -3.34. The first kappa shape index (κ1) is 28.7. The predicted molar refractivity (Wildman–Crippen MR) is 142 cm³/mol. The molecule has 1 saturated heterocycles. The van der Waals surface area contributed by atoms with Crippen LogP contribution in [0.15, 0.2) is 48.7 Å². The number of piperidine rings is 1. The van der Waals surface area contributed by atoms with Crippen LogP contribution in [-0.4, -0.2) is 75.4 Å². The summed E-state index contributed by atoms with van der Waals surface area (Å²) in [7, 11) is 1.83. The van der Waals surface area contributed by atoms with Gasteiger partial charge in [-0.25, -0.2) is 4.79 Å². The minimum Gasteiger partial charge on any atom is -0.481 e. The molecule has 210 valence electrons. The number of hydrogen-bond donors (Lipinski definition) is 4. The van der Waals surface area contributed by atoms with Crippen molar-refractivity contribution in [2.45, 2.75) is 62.2 Å². The second-order valence-electron chi connectivity index (χ2n) is 10.7. The standard InChI is InChI=1S/C25H31N3O2.C4H6O5/c1-30-25(18-12-13-27-22(14-18)24(26)29)19-8-5-9-20(25)16-28(15-19)23-11-10-21(23)17-6-3-2-4-7-17;5-2(4(8)9)1-3(6)7/h2-4,6-7,12-14,19-21,23H,5,8-11,15-16H2,1H3,(H2,26,29);2,5H,1H2,(H,6,7)(H,8,9)/t19?,20?,21-,23-,25?;/m0./s1. The number of carboxylic acids is 2. The largest absolute Gasteiger partial charge is 0.481 e. The fourth-order valence-corrected chi connectivity index (χ4v) is 6.73. The second-order valence-corrected chi connectivity index (χ2v) is 10.7. The van der Waals surface area contributed by atoms with E-state index in [-0.39, 0.29) is 5.60 Å². The van der Waals surface area contributed by atoms with E-state index >= 15 is 0 Å². The number of aromatic nitrogens is 1. The number of aliphatic carboxylic acids is 2. The number of fused-ring (bicyclic) bond motifs is 2. The summed E-state index contributed by atoms with van der Waals surface area (Å²) in [6, 6.07) is 15.5. The smallest absolute Gasteiger partial charge is 0.333 e. The highest BCUT2D eigenvalue weighted by Crippen LogP contribution is 2.53. The molecule has 0 spiro atoms. The molecule has 3 aliphatic rings. The van der Waals surface area contributed by atoms with Crippen molar-refractivity contribution in [2.24, 2.45) is 17.6 Å². The van der Waals surface area contributed by atoms with Gasteiger partial charge in [0.25, 0.3) is 5.91 Å². The van der Waals surface area contributed by atoms with Crippen molar-refractivity contribution in [3.8, 4) is 0 Å². The topological polar surface area (TPSA) is 163 Å². The summed E-state index contributed by atoms with van der Waals surface area (Å²) in [5, 5.41) is 24.1. The van der Waals surface area contributed by atoms with Gasteiger partial charge in [-0.05, 0) is 54.9 Å². The number of rotatable bonds is 8. The number of pyridine rings is 1. The summed E-state index contributed by atoms with van der Waals surface area (Å²) in [5.41, 5.74) is 8.03. The van der Waals surface area contributed by atoms with Crippen LogP contribution in [0, 0.1) is 11.8 Å². The first-order valence-electron chi connectivity index (χ1n) is 13.4. The number of amides is 1. The van der Waals surface area contributed by atoms with E-state index in [1.54, 1.807) is 6.20 Å². The number of benzene rings is 1. The summed E-state index contributed by atoms with van der Waals surface area (Å²) in [5.74, 6) is -1.86. The summed E-state index contributed by atoms with van der Waals surface area (Å²) < 4.78 is 6.35. The minimum absolute atomic E-state index is 0.326. The van der Waals surface area contributed by atoms with Crippen LogP contribution in [-0.2, 0) is 19.9 Å². The van der Waals surface area contributed by atoms with E-state index in [1.807, 2.05) is 19.2 Å². The van der Waals surface area contributed by atoms with Gasteiger partial charge >= 0.3 is 11.9 Å². The minimum atomic E-state index is -1.79. The molecular weight excluding hydrogens is 502 g/mol. The molecule has 2 aliphatic carbocycles. The number of aliphatic hydroxyl groups excluding tert-OH is 1. The van der Waals surface area contributed by atoms with Gasteiger partial charge in [0.15, 0.2) is 6.10 Å². The molecule has 1 aromatic carbocycles. The van der Waals surface area contributed by atoms with Crippen LogP contribution in [0.4, 0.5) is 0 Å². The molecular formula is C29H37N3O7. The predicted octanol–water partition coefficient (Wildman–Crippen LogP) is 2.61. The van der Waals surface area contributed by atoms with E-state index in [0.29, 0.717) is 29.5 Å². The molecule has 3 unspecified atom stereocenters. The zero-order valence-corrected chi connectivity index (χ0v) is 22.1. The number of ether oxygens (including phenoxy) is 1. The number of primary amides is 1. The lowest BCUT2D eigenvalue weighted by atomic mass is 9.61. The lowest BCUT2D eigenvalue weighted by molar-refractivity contribution is -0.179. The van der Waals surface area contributed by atoms with E-state index < -0.39 is 30.4 Å². The van der Waals surface area contributed by atoms with Crippen molar-refractivity contribution < 1.29 is 34.4 Å². The number of carboxylic acid groups (broad SMARTS) is 2. The number of aliphatic hydroxyl groups is 1. The Kier molecular flexibility index (Phi) is 8.99. The Labute approximate surface area is 227 Å². The van der Waals surface area contributed by atoms with Crippen molar-refractivity contribution in [1.82, 2.24) is 9.88 Å². The number of carbonyl (C=O) groups is 3. The number of nitrogens with two attached hydrogens (primary N) is 1. The van der Waals surface area contributed by atoms with Gasteiger partial charge in [0.1, 0.15) is 11.3 Å². The molecule has 2 saturated carbocycles. The van der Waals surface area contributed by atoms with Gasteiger partial charge < -0.3 is 25.8 Å². The number of nitrogens with zero attached hydrogens (tertiary/aromatic N) is 2. The molecule has 2 aromatic rings. The van der Waals surface area contributed by atoms with Crippen LogP contribution in [0.5, 0.6) is 0 Å². The van der Waals surface area contributed by atoms with Crippen LogP contribution in [0.1, 0.15) is 66.1 Å². The third-order valence-corrected chi connectivity index (χ3v) is 8.62. The maximum absolute atomic E-state index is 11.7. The monoisotopic (exact) mass is 539 g/mol.